The zero-order valence-electron chi connectivity index (χ0n) is 12.6. The molecule has 0 N–H and O–H groups in total. The molecular weight excluding hydrogens is 308 g/mol. The number of benzene rings is 2. The summed E-state index contributed by atoms with van der Waals surface area (Å²) in [6.45, 7) is -0.204. The number of rotatable bonds is 4. The van der Waals surface area contributed by atoms with Crippen molar-refractivity contribution in [3.05, 3.63) is 70.8 Å². The summed E-state index contributed by atoms with van der Waals surface area (Å²) < 4.78 is 4.71. The second kappa shape index (κ2) is 6.34. The molecule has 0 spiro atoms. The first-order valence-electron chi connectivity index (χ1n) is 7.20. The number of nitriles is 1. The topological polar surface area (TPSA) is 87.5 Å². The molecule has 2 aromatic carbocycles. The number of nitrogens with zero attached hydrogens (tertiary/aromatic N) is 2. The molecule has 2 aromatic rings. The first-order chi connectivity index (χ1) is 11.6. The van der Waals surface area contributed by atoms with Gasteiger partial charge in [0, 0.05) is 0 Å². The van der Waals surface area contributed by atoms with Crippen molar-refractivity contribution < 1.29 is 19.1 Å². The molecule has 1 heterocycles. The predicted molar refractivity (Wildman–Crippen MR) is 83.0 cm³/mol. The maximum atomic E-state index is 12.5. The van der Waals surface area contributed by atoms with Crippen LogP contribution in [0, 0.1) is 11.3 Å². The van der Waals surface area contributed by atoms with Crippen LogP contribution >= 0.6 is 0 Å². The monoisotopic (exact) mass is 320 g/mol. The fourth-order valence-electron chi connectivity index (χ4n) is 2.51. The third-order valence-electron chi connectivity index (χ3n) is 3.66. The van der Waals surface area contributed by atoms with Gasteiger partial charge >= 0.3 is 5.97 Å². The first kappa shape index (κ1) is 15.4. The lowest BCUT2D eigenvalue weighted by atomic mass is 10.1. The van der Waals surface area contributed by atoms with Gasteiger partial charge in [0.25, 0.3) is 11.8 Å². The summed E-state index contributed by atoms with van der Waals surface area (Å²) in [5, 5.41) is 8.44. The van der Waals surface area contributed by atoms with E-state index in [9.17, 15) is 14.4 Å². The molecule has 1 aliphatic rings. The number of fused-ring (bicyclic) bond motifs is 1. The standard InChI is InChI=1S/C18H12N2O4/c19-8-9-24-18(23)13-6-7-14-15(10-13)17(22)20(16(14)21)11-12-4-2-1-3-5-12/h1-7,10H,9,11H2. The summed E-state index contributed by atoms with van der Waals surface area (Å²) in [7, 11) is 0. The van der Waals surface area contributed by atoms with Crippen LogP contribution in [-0.4, -0.2) is 29.3 Å². The van der Waals surface area contributed by atoms with E-state index in [1.807, 2.05) is 30.3 Å². The van der Waals surface area contributed by atoms with Gasteiger partial charge < -0.3 is 4.74 Å². The van der Waals surface area contributed by atoms with E-state index in [1.54, 1.807) is 6.07 Å². The average molecular weight is 320 g/mol. The summed E-state index contributed by atoms with van der Waals surface area (Å²) in [5.41, 5.74) is 1.39. The van der Waals surface area contributed by atoms with Gasteiger partial charge in [0.2, 0.25) is 0 Å². The molecule has 1 aliphatic heterocycles. The van der Waals surface area contributed by atoms with Crippen molar-refractivity contribution in [1.29, 1.82) is 5.26 Å². The highest BCUT2D eigenvalue weighted by atomic mass is 16.5. The second-order valence-electron chi connectivity index (χ2n) is 5.18. The van der Waals surface area contributed by atoms with Gasteiger partial charge in [-0.05, 0) is 23.8 Å². The zero-order chi connectivity index (χ0) is 17.1. The van der Waals surface area contributed by atoms with Crippen molar-refractivity contribution in [3.63, 3.8) is 0 Å². The fourth-order valence-corrected chi connectivity index (χ4v) is 2.51. The van der Waals surface area contributed by atoms with Gasteiger partial charge in [0.15, 0.2) is 6.61 Å². The number of carbonyl (C=O) groups is 3. The Labute approximate surface area is 137 Å². The molecule has 0 radical (unpaired) electrons. The van der Waals surface area contributed by atoms with Crippen molar-refractivity contribution in [1.82, 2.24) is 4.90 Å². The molecule has 0 unspecified atom stereocenters. The predicted octanol–water partition coefficient (Wildman–Crippen LogP) is 2.16. The van der Waals surface area contributed by atoms with E-state index in [2.05, 4.69) is 0 Å². The van der Waals surface area contributed by atoms with Crippen LogP contribution in [0.1, 0.15) is 36.6 Å². The number of amides is 2. The van der Waals surface area contributed by atoms with Gasteiger partial charge in [0.1, 0.15) is 6.07 Å². The minimum Gasteiger partial charge on any atom is -0.447 e. The van der Waals surface area contributed by atoms with Crippen molar-refractivity contribution in [2.75, 3.05) is 6.61 Å². The lowest BCUT2D eigenvalue weighted by Gasteiger charge is -2.13. The molecule has 0 fully saturated rings. The van der Waals surface area contributed by atoms with Crippen LogP contribution in [0.3, 0.4) is 0 Å². The molecule has 118 valence electrons. The summed E-state index contributed by atoms with van der Waals surface area (Å²) in [5.74, 6) is -1.55. The smallest absolute Gasteiger partial charge is 0.339 e. The van der Waals surface area contributed by atoms with Crippen LogP contribution in [0.25, 0.3) is 0 Å². The first-order valence-corrected chi connectivity index (χ1v) is 7.20. The number of esters is 1. The van der Waals surface area contributed by atoms with E-state index < -0.39 is 17.8 Å². The van der Waals surface area contributed by atoms with E-state index in [1.165, 1.54) is 18.2 Å². The van der Waals surface area contributed by atoms with Crippen LogP contribution in [0.4, 0.5) is 0 Å². The van der Waals surface area contributed by atoms with Crippen molar-refractivity contribution in [3.8, 4) is 6.07 Å². The Morgan fingerprint density at radius 1 is 1.04 bits per heavy atom. The summed E-state index contributed by atoms with van der Waals surface area (Å²) >= 11 is 0. The molecule has 2 amide bonds. The van der Waals surface area contributed by atoms with Gasteiger partial charge in [-0.15, -0.1) is 0 Å². The highest BCUT2D eigenvalue weighted by Crippen LogP contribution is 2.25. The van der Waals surface area contributed by atoms with Crippen LogP contribution in [0.2, 0.25) is 0 Å². The number of hydrogen-bond acceptors (Lipinski definition) is 5. The second-order valence-corrected chi connectivity index (χ2v) is 5.18. The molecule has 0 aliphatic carbocycles. The molecule has 24 heavy (non-hydrogen) atoms. The van der Waals surface area contributed by atoms with Crippen LogP contribution in [-0.2, 0) is 11.3 Å². The Kier molecular flexibility index (Phi) is 4.08. The molecular formula is C18H12N2O4. The van der Waals surface area contributed by atoms with Crippen LogP contribution < -0.4 is 0 Å². The van der Waals surface area contributed by atoms with E-state index in [0.29, 0.717) is 0 Å². The highest BCUT2D eigenvalue weighted by Gasteiger charge is 2.36. The van der Waals surface area contributed by atoms with Crippen molar-refractivity contribution >= 4 is 17.8 Å². The molecule has 6 heteroatoms. The summed E-state index contributed by atoms with van der Waals surface area (Å²) in [6, 6.07) is 15.0. The van der Waals surface area contributed by atoms with Crippen LogP contribution in [0.15, 0.2) is 48.5 Å². The molecule has 0 saturated heterocycles. The Bertz CT molecular complexity index is 868. The molecule has 6 nitrogen and oxygen atoms in total. The van der Waals surface area contributed by atoms with E-state index in [0.717, 1.165) is 10.5 Å². The quantitative estimate of drug-likeness (QED) is 0.636. The Morgan fingerprint density at radius 2 is 1.75 bits per heavy atom. The van der Waals surface area contributed by atoms with Gasteiger partial charge in [-0.1, -0.05) is 30.3 Å². The summed E-state index contributed by atoms with van der Waals surface area (Å²) in [6.07, 6.45) is 0. The van der Waals surface area contributed by atoms with E-state index in [-0.39, 0.29) is 29.8 Å². The molecule has 0 bridgehead atoms. The summed E-state index contributed by atoms with van der Waals surface area (Å²) in [4.78, 5) is 37.8. The lowest BCUT2D eigenvalue weighted by Crippen LogP contribution is -2.29. The third-order valence-corrected chi connectivity index (χ3v) is 3.66. The van der Waals surface area contributed by atoms with Crippen LogP contribution in [0.5, 0.6) is 0 Å². The maximum absolute atomic E-state index is 12.5. The molecule has 0 aromatic heterocycles. The Hall–Kier alpha value is -3.46. The Morgan fingerprint density at radius 3 is 2.46 bits per heavy atom. The van der Waals surface area contributed by atoms with Crippen molar-refractivity contribution in [2.24, 2.45) is 0 Å². The number of imide groups is 1. The molecule has 3 rings (SSSR count). The minimum atomic E-state index is -0.707. The zero-order valence-corrected chi connectivity index (χ0v) is 12.6. The normalized spacial score (nSPS) is 12.7. The number of carbonyl (C=O) groups excluding carboxylic acids is 3. The SMILES string of the molecule is N#CCOC(=O)c1ccc2c(c1)C(=O)N(Cc1ccccc1)C2=O. The highest BCUT2D eigenvalue weighted by molar-refractivity contribution is 6.21. The van der Waals surface area contributed by atoms with E-state index >= 15 is 0 Å². The van der Waals surface area contributed by atoms with E-state index in [4.69, 9.17) is 10.00 Å². The average Bonchev–Trinajstić information content (AvgIpc) is 2.85. The minimum absolute atomic E-state index is 0.131. The fraction of sp³-hybridized carbons (Fsp3) is 0.111. The number of ether oxygens (including phenoxy) is 1. The van der Waals surface area contributed by atoms with Gasteiger partial charge in [-0.2, -0.15) is 5.26 Å². The van der Waals surface area contributed by atoms with Gasteiger partial charge in [-0.25, -0.2) is 4.79 Å². The largest absolute Gasteiger partial charge is 0.447 e. The van der Waals surface area contributed by atoms with Crippen molar-refractivity contribution in [2.45, 2.75) is 6.54 Å². The van der Waals surface area contributed by atoms with Gasteiger partial charge in [0.05, 0.1) is 23.2 Å². The van der Waals surface area contributed by atoms with Gasteiger partial charge in [-0.3, -0.25) is 14.5 Å². The third kappa shape index (κ3) is 2.75. The number of hydrogen-bond donors (Lipinski definition) is 0. The lowest BCUT2D eigenvalue weighted by molar-refractivity contribution is 0.0554. The Balaban J connectivity index is 1.86. The maximum Gasteiger partial charge on any atom is 0.339 e. The molecule has 0 atom stereocenters. The molecule has 0 saturated carbocycles.